The molecule has 43 nitrogen and oxygen atoms in total. The van der Waals surface area contributed by atoms with Crippen molar-refractivity contribution in [3.8, 4) is 0 Å². The van der Waals surface area contributed by atoms with Gasteiger partial charge in [0.15, 0.2) is 5.78 Å². The number of hydrogen-bond donors (Lipinski definition) is 23. The number of unbranched alkanes of at least 4 members (excludes halogenated alkanes) is 6. The molecule has 0 bridgehead atoms. The number of aliphatic carboxylic acids is 4. The third kappa shape index (κ3) is 32.8. The summed E-state index contributed by atoms with van der Waals surface area (Å²) >= 11 is 0. The maximum atomic E-state index is 14.7. The Hall–Kier alpha value is -12.7. The predicted molar refractivity (Wildman–Crippen MR) is 393 cm³/mol. The molecular weight excluding hydrogens is 1490 g/mol. The van der Waals surface area contributed by atoms with E-state index in [4.69, 9.17) is 17.2 Å². The molecule has 26 N–H and O–H groups in total. The topological polar surface area (TPSA) is 705 Å². The number of para-hydroxylation sites is 2. The van der Waals surface area contributed by atoms with E-state index in [0.29, 0.717) is 29.3 Å². The molecule has 3 aromatic rings. The fourth-order valence-electron chi connectivity index (χ4n) is 11.3. The zero-order valence-electron chi connectivity index (χ0n) is 61.9. The molecule has 1 aliphatic heterocycles. The lowest BCUT2D eigenvalue weighted by Gasteiger charge is -2.27. The number of aliphatic hydroxyl groups is 1. The highest BCUT2D eigenvalue weighted by atomic mass is 16.4. The average molecular weight is 1590 g/mol. The van der Waals surface area contributed by atoms with Crippen molar-refractivity contribution in [1.82, 2.24) is 79.4 Å². The van der Waals surface area contributed by atoms with Gasteiger partial charge >= 0.3 is 23.9 Å². The normalized spacial score (nSPS) is 20.4. The van der Waals surface area contributed by atoms with E-state index in [1.54, 1.807) is 30.5 Å². The third-order valence-electron chi connectivity index (χ3n) is 17.3. The minimum atomic E-state index is -2.34. The highest BCUT2D eigenvalue weighted by molar-refractivity contribution is 6.06. The van der Waals surface area contributed by atoms with Crippen LogP contribution in [0.4, 0.5) is 5.69 Å². The number of Topliss-reactive ketones (excluding diaryl/α,β-unsaturated/α-hetero) is 1. The average Bonchev–Trinajstić information content (AvgIpc) is 1.40. The number of aromatic amines is 1. The van der Waals surface area contributed by atoms with Gasteiger partial charge in [-0.15, -0.1) is 0 Å². The van der Waals surface area contributed by atoms with Crippen LogP contribution in [0.1, 0.15) is 139 Å². The fraction of sp³-hybridized carbons (Fsp3) is 0.514. The van der Waals surface area contributed by atoms with E-state index in [2.05, 4.69) is 70.4 Å². The van der Waals surface area contributed by atoms with E-state index >= 15 is 0 Å². The summed E-state index contributed by atoms with van der Waals surface area (Å²) in [5, 5.41) is 80.5. The number of carbonyl (C=O) groups is 20. The molecule has 43 heteroatoms. The monoisotopic (exact) mass is 1590 g/mol. The van der Waals surface area contributed by atoms with Gasteiger partial charge in [-0.1, -0.05) is 75.8 Å². The maximum absolute atomic E-state index is 14.7. The summed E-state index contributed by atoms with van der Waals surface area (Å²) in [6.07, 6.45) is -0.744. The van der Waals surface area contributed by atoms with E-state index in [-0.39, 0.29) is 43.5 Å². The molecular formula is C70H98N18O25. The zero-order chi connectivity index (χ0) is 84.0. The van der Waals surface area contributed by atoms with Crippen LogP contribution in [0.25, 0.3) is 10.9 Å². The fourth-order valence-corrected chi connectivity index (χ4v) is 11.3. The number of hydrogen-bond acceptors (Lipinski definition) is 23. The number of primary amides is 1. The van der Waals surface area contributed by atoms with Gasteiger partial charge in [0.1, 0.15) is 66.5 Å². The molecule has 1 saturated heterocycles. The van der Waals surface area contributed by atoms with E-state index in [1.165, 1.54) is 24.3 Å². The first kappa shape index (κ1) is 92.7. The van der Waals surface area contributed by atoms with E-state index in [0.717, 1.165) is 39.0 Å². The number of aliphatic hydroxyl groups excluding tert-OH is 1. The number of aromatic nitrogens is 1. The summed E-state index contributed by atoms with van der Waals surface area (Å²) in [5.74, 6) is -27.6. The molecule has 11 atom stereocenters. The van der Waals surface area contributed by atoms with Gasteiger partial charge < -0.3 is 122 Å². The molecule has 0 saturated carbocycles. The van der Waals surface area contributed by atoms with Crippen molar-refractivity contribution in [2.75, 3.05) is 38.5 Å². The number of amides is 15. The van der Waals surface area contributed by atoms with Gasteiger partial charge in [-0.3, -0.25) is 95.9 Å². The first-order valence-corrected chi connectivity index (χ1v) is 36.1. The van der Waals surface area contributed by atoms with Crippen molar-refractivity contribution in [2.45, 2.75) is 196 Å². The molecule has 0 spiro atoms. The number of H-pyrrole nitrogens is 1. The van der Waals surface area contributed by atoms with Crippen LogP contribution in [0.2, 0.25) is 0 Å². The number of benzene rings is 2. The first-order valence-electron chi connectivity index (χ1n) is 36.1. The number of ketones is 1. The summed E-state index contributed by atoms with van der Waals surface area (Å²) < 4.78 is 0. The minimum absolute atomic E-state index is 0.0121. The van der Waals surface area contributed by atoms with Crippen molar-refractivity contribution in [1.29, 1.82) is 0 Å². The Morgan fingerprint density at radius 2 is 1.02 bits per heavy atom. The summed E-state index contributed by atoms with van der Waals surface area (Å²) in [5.41, 5.74) is 18.1. The molecule has 618 valence electrons. The van der Waals surface area contributed by atoms with Crippen LogP contribution in [-0.2, 0) is 97.5 Å². The van der Waals surface area contributed by atoms with E-state index in [1.807, 2.05) is 16.0 Å². The quantitative estimate of drug-likeness (QED) is 0.0148. The number of carboxylic acids is 4. The third-order valence-corrected chi connectivity index (χ3v) is 17.3. The van der Waals surface area contributed by atoms with Gasteiger partial charge in [-0.05, 0) is 62.9 Å². The minimum Gasteiger partial charge on any atom is -0.481 e. The van der Waals surface area contributed by atoms with Crippen LogP contribution in [0.15, 0.2) is 54.7 Å². The largest absolute Gasteiger partial charge is 0.481 e. The Morgan fingerprint density at radius 1 is 0.504 bits per heavy atom. The lowest BCUT2D eigenvalue weighted by molar-refractivity contribution is -0.142. The molecule has 0 unspecified atom stereocenters. The van der Waals surface area contributed by atoms with E-state index in [9.17, 15) is 121 Å². The van der Waals surface area contributed by atoms with Gasteiger partial charge in [0.05, 0.1) is 45.4 Å². The Kier molecular flexibility index (Phi) is 38.9. The Labute approximate surface area is 645 Å². The number of nitrogen functional groups attached to an aromatic ring is 1. The lowest BCUT2D eigenvalue weighted by Crippen LogP contribution is -2.61. The number of fused-ring (bicyclic) bond motifs is 1. The highest BCUT2D eigenvalue weighted by Gasteiger charge is 2.38. The standard InChI is InChI=1S/C70H98N18O25/c1-3-4-5-6-7-8-9-20-53(92)80-43(24-36-30-74-40-18-13-11-15-37(36)40)67(110)85-45(26-52(73)91)68(111)87-48(29-59(101)102)69(112)88-49-31-75-61(104)44(25-51(90)38-16-10-12-17-39(38)72)84-65(108)42(21-22-56(95)96)82-70(113)50(34-89)81-55(94)33-76-62(105)46(27-57(97)98)83-60(103)35(2)78-66(109)47(28-58(99)100)86-64(107)41(19-14-23-71)79-54(93)32-77-63(49)106/h10-13,15-18,30,35,41-50,74,89H,3-9,14,19-29,31-34,71-72H2,1-2H3,(H2,73,91)(H,75,104)(H,76,105)(H,77,106)(H,78,109)(H,79,93)(H,80,92)(H,81,94)(H,82,113)(H,83,103)(H,84,108)(H,85,110)(H,86,107)(H,87,111)(H,88,112)(H,95,96)(H,97,98)(H,99,100)(H,101,102)/t35-,41+,42+,43+,44+,45+,46+,47+,48+,49+,50-/m1/s1. The smallest absolute Gasteiger partial charge is 0.305 e. The molecule has 2 aromatic carbocycles. The van der Waals surface area contributed by atoms with Crippen LogP contribution < -0.4 is 91.6 Å². The van der Waals surface area contributed by atoms with Crippen LogP contribution in [0, 0.1) is 0 Å². The maximum Gasteiger partial charge on any atom is 0.305 e. The van der Waals surface area contributed by atoms with Gasteiger partial charge in [0.25, 0.3) is 0 Å². The van der Waals surface area contributed by atoms with Crippen LogP contribution >= 0.6 is 0 Å². The lowest BCUT2D eigenvalue weighted by atomic mass is 10.0. The van der Waals surface area contributed by atoms with Crippen molar-refractivity contribution >= 4 is 135 Å². The van der Waals surface area contributed by atoms with E-state index < -0.39 is 256 Å². The molecule has 2 heterocycles. The summed E-state index contributed by atoms with van der Waals surface area (Å²) in [6.45, 7) is -2.00. The van der Waals surface area contributed by atoms with Crippen LogP contribution in [0.3, 0.4) is 0 Å². The number of nitrogens with one attached hydrogen (secondary N) is 15. The first-order chi connectivity index (χ1) is 53.5. The SMILES string of the molecule is CCCCCCCCCC(=O)N[C@@H](Cc1c[nH]c2ccccc12)C(=O)N[C@@H](CC(N)=O)C(=O)N[C@@H](CC(=O)O)C(=O)N[C@H]1CNC(=O)[C@H](CC(=O)c2ccccc2N)NC(=O)[C@H](CCC(=O)O)NC(=O)[C@@H](CO)NC(=O)CNC(=O)[C@H](CC(=O)O)NC(=O)[C@@H](C)NC(=O)[C@H](CC(=O)O)NC(=O)[C@H](CCCN)NC(=O)CNC1=O. The van der Waals surface area contributed by atoms with Gasteiger partial charge in [-0.25, -0.2) is 0 Å². The van der Waals surface area contributed by atoms with Gasteiger partial charge in [-0.2, -0.15) is 0 Å². The molecule has 1 aliphatic rings. The number of nitrogens with two attached hydrogens (primary N) is 3. The number of anilines is 1. The van der Waals surface area contributed by atoms with Crippen LogP contribution in [0.5, 0.6) is 0 Å². The highest BCUT2D eigenvalue weighted by Crippen LogP contribution is 2.21. The second kappa shape index (κ2) is 47.4. The second-order valence-corrected chi connectivity index (χ2v) is 26.4. The van der Waals surface area contributed by atoms with Crippen molar-refractivity contribution in [2.24, 2.45) is 11.5 Å². The molecule has 4 rings (SSSR count). The van der Waals surface area contributed by atoms with Crippen LogP contribution in [-0.4, -0.2) is 248 Å². The molecule has 15 amide bonds. The molecule has 0 aliphatic carbocycles. The Bertz CT molecular complexity index is 3960. The second-order valence-electron chi connectivity index (χ2n) is 26.4. The zero-order valence-corrected chi connectivity index (χ0v) is 61.9. The van der Waals surface area contributed by atoms with Gasteiger partial charge in [0, 0.05) is 60.6 Å². The number of rotatable bonds is 35. The summed E-state index contributed by atoms with van der Waals surface area (Å²) in [6, 6.07) is -9.97. The number of carbonyl (C=O) groups excluding carboxylic acids is 16. The van der Waals surface area contributed by atoms with Gasteiger partial charge in [0.2, 0.25) is 88.6 Å². The summed E-state index contributed by atoms with van der Waals surface area (Å²) in [4.78, 5) is 274. The number of carboxylic acid groups (broad SMARTS) is 4. The predicted octanol–water partition coefficient (Wildman–Crippen LogP) is -6.68. The molecule has 1 aromatic heterocycles. The van der Waals surface area contributed by atoms with Crippen molar-refractivity contribution in [3.63, 3.8) is 0 Å². The summed E-state index contributed by atoms with van der Waals surface area (Å²) in [7, 11) is 0. The van der Waals surface area contributed by atoms with Crippen molar-refractivity contribution in [3.05, 3.63) is 65.9 Å². The Balaban J connectivity index is 1.83. The molecule has 1 fully saturated rings. The molecule has 113 heavy (non-hydrogen) atoms. The Morgan fingerprint density at radius 3 is 1.61 bits per heavy atom. The molecule has 0 radical (unpaired) electrons. The van der Waals surface area contributed by atoms with Crippen molar-refractivity contribution < 1.29 is 121 Å².